The third-order valence-electron chi connectivity index (χ3n) is 8.22. The number of rotatable bonds is 8. The molecular formula is C30H44N6O2. The van der Waals surface area contributed by atoms with Gasteiger partial charge in [0, 0.05) is 66.5 Å². The van der Waals surface area contributed by atoms with Crippen LogP contribution in [-0.2, 0) is 7.05 Å². The molecule has 1 amide bonds. The van der Waals surface area contributed by atoms with E-state index in [0.29, 0.717) is 17.6 Å². The van der Waals surface area contributed by atoms with Crippen LogP contribution in [0.2, 0.25) is 0 Å². The maximum absolute atomic E-state index is 13.6. The second kappa shape index (κ2) is 11.7. The molecule has 1 aromatic heterocycles. The minimum absolute atomic E-state index is 0.138. The summed E-state index contributed by atoms with van der Waals surface area (Å²) in [7, 11) is 6.25. The predicted molar refractivity (Wildman–Crippen MR) is 154 cm³/mol. The van der Waals surface area contributed by atoms with Gasteiger partial charge < -0.3 is 25.5 Å². The molecule has 1 aromatic carbocycles. The van der Waals surface area contributed by atoms with E-state index in [2.05, 4.69) is 59.5 Å². The number of carbonyl (C=O) groups excluding carboxylic acids is 1. The van der Waals surface area contributed by atoms with Crippen LogP contribution >= 0.6 is 0 Å². The lowest BCUT2D eigenvalue weighted by Crippen LogP contribution is -2.42. The van der Waals surface area contributed by atoms with Crippen molar-refractivity contribution in [3.05, 3.63) is 58.6 Å². The van der Waals surface area contributed by atoms with Crippen LogP contribution in [-0.4, -0.2) is 71.2 Å². The largest absolute Gasteiger partial charge is 0.370 e. The molecule has 1 aliphatic carbocycles. The summed E-state index contributed by atoms with van der Waals surface area (Å²) in [5.41, 5.74) is 7.38. The summed E-state index contributed by atoms with van der Waals surface area (Å²) in [5, 5.41) is 21.0. The molecule has 1 saturated carbocycles. The summed E-state index contributed by atoms with van der Waals surface area (Å²) in [4.78, 5) is 18.5. The summed E-state index contributed by atoms with van der Waals surface area (Å²) in [5.74, 6) is -0.138. The maximum Gasteiger partial charge on any atom is 0.251 e. The fourth-order valence-electron chi connectivity index (χ4n) is 5.97. The van der Waals surface area contributed by atoms with Crippen molar-refractivity contribution in [1.82, 2.24) is 25.3 Å². The summed E-state index contributed by atoms with van der Waals surface area (Å²) >= 11 is 0. The van der Waals surface area contributed by atoms with Gasteiger partial charge in [-0.15, -0.1) is 0 Å². The standard InChI is InChI=1S/C30H44N6O2/c1-8-36(25-11-9-24(10-12-25)34(5)6)28-15-22(23-16-32-35(7)18-23)14-26(21(28)4)29(37)31-17-27-19(2)13-20(3)33-30(27)38/h13-16,18,24-25,30,33,38H,8-12,17H2,1-7H3,(H,31,37)/t24-,25-,30?. The van der Waals surface area contributed by atoms with E-state index in [0.717, 1.165) is 58.6 Å². The quantitative estimate of drug-likeness (QED) is 0.489. The van der Waals surface area contributed by atoms with E-state index in [1.165, 1.54) is 12.8 Å². The summed E-state index contributed by atoms with van der Waals surface area (Å²) < 4.78 is 1.79. The fourth-order valence-corrected chi connectivity index (χ4v) is 5.97. The van der Waals surface area contributed by atoms with Crippen molar-refractivity contribution in [2.75, 3.05) is 32.1 Å². The molecule has 4 rings (SSSR count). The van der Waals surface area contributed by atoms with Gasteiger partial charge in [0.2, 0.25) is 0 Å². The molecule has 2 aromatic rings. The Balaban J connectivity index is 1.66. The van der Waals surface area contributed by atoms with Crippen molar-refractivity contribution in [1.29, 1.82) is 0 Å². The lowest BCUT2D eigenvalue weighted by molar-refractivity contribution is 0.0952. The molecule has 1 unspecified atom stereocenters. The first kappa shape index (κ1) is 27.9. The fraction of sp³-hybridized carbons (Fsp3) is 0.533. The monoisotopic (exact) mass is 520 g/mol. The number of aryl methyl sites for hydroxylation is 1. The molecule has 3 N–H and O–H groups in total. The van der Waals surface area contributed by atoms with Gasteiger partial charge in [0.15, 0.2) is 0 Å². The Morgan fingerprint density at radius 3 is 2.39 bits per heavy atom. The minimum Gasteiger partial charge on any atom is -0.370 e. The van der Waals surface area contributed by atoms with E-state index < -0.39 is 6.23 Å². The van der Waals surface area contributed by atoms with Gasteiger partial charge in [-0.3, -0.25) is 9.48 Å². The first-order valence-electron chi connectivity index (χ1n) is 13.8. The summed E-state index contributed by atoms with van der Waals surface area (Å²) in [6.07, 6.45) is 9.67. The van der Waals surface area contributed by atoms with Gasteiger partial charge in [-0.2, -0.15) is 5.10 Å². The van der Waals surface area contributed by atoms with Crippen LogP contribution in [0.3, 0.4) is 0 Å². The highest BCUT2D eigenvalue weighted by Gasteiger charge is 2.29. The van der Waals surface area contributed by atoms with Gasteiger partial charge in [-0.25, -0.2) is 0 Å². The highest BCUT2D eigenvalue weighted by Crippen LogP contribution is 2.35. The zero-order valence-corrected chi connectivity index (χ0v) is 24.0. The number of dihydropyridines is 1. The van der Waals surface area contributed by atoms with Crippen LogP contribution in [0.1, 0.15) is 62.4 Å². The Morgan fingerprint density at radius 2 is 1.82 bits per heavy atom. The number of aromatic nitrogens is 2. The Kier molecular flexibility index (Phi) is 8.63. The molecule has 0 bridgehead atoms. The van der Waals surface area contributed by atoms with E-state index in [4.69, 9.17) is 0 Å². The number of amides is 1. The zero-order valence-electron chi connectivity index (χ0n) is 24.0. The van der Waals surface area contributed by atoms with Crippen LogP contribution in [0.4, 0.5) is 5.69 Å². The van der Waals surface area contributed by atoms with Crippen molar-refractivity contribution >= 4 is 11.6 Å². The lowest BCUT2D eigenvalue weighted by atomic mass is 9.88. The van der Waals surface area contributed by atoms with Gasteiger partial charge in [0.05, 0.1) is 6.20 Å². The molecule has 1 fully saturated rings. The number of benzene rings is 1. The van der Waals surface area contributed by atoms with Crippen molar-refractivity contribution in [3.8, 4) is 11.1 Å². The van der Waals surface area contributed by atoms with E-state index in [1.54, 1.807) is 4.68 Å². The number of carbonyl (C=O) groups is 1. The Bertz CT molecular complexity index is 1220. The molecule has 2 heterocycles. The molecule has 8 nitrogen and oxygen atoms in total. The van der Waals surface area contributed by atoms with Crippen LogP contribution in [0.5, 0.6) is 0 Å². The Labute approximate surface area is 227 Å². The number of hydrogen-bond donors (Lipinski definition) is 3. The summed E-state index contributed by atoms with van der Waals surface area (Å²) in [6, 6.07) is 5.28. The second-order valence-electron chi connectivity index (χ2n) is 11.0. The average molecular weight is 521 g/mol. The smallest absolute Gasteiger partial charge is 0.251 e. The second-order valence-corrected chi connectivity index (χ2v) is 11.0. The SMILES string of the molecule is CCN(c1cc(-c2cnn(C)c2)cc(C(=O)NCC2=C(C)C=C(C)NC2O)c1C)[C@H]1CC[C@H](N(C)C)CC1. The van der Waals surface area contributed by atoms with Crippen molar-refractivity contribution in [3.63, 3.8) is 0 Å². The van der Waals surface area contributed by atoms with Gasteiger partial charge in [-0.1, -0.05) is 0 Å². The van der Waals surface area contributed by atoms with Crippen LogP contribution in [0, 0.1) is 6.92 Å². The van der Waals surface area contributed by atoms with Crippen LogP contribution < -0.4 is 15.5 Å². The number of nitrogens with one attached hydrogen (secondary N) is 2. The highest BCUT2D eigenvalue weighted by molar-refractivity contribution is 5.99. The third kappa shape index (κ3) is 5.97. The topological polar surface area (TPSA) is 85.7 Å². The molecule has 38 heavy (non-hydrogen) atoms. The average Bonchev–Trinajstić information content (AvgIpc) is 3.31. The van der Waals surface area contributed by atoms with Gasteiger partial charge in [-0.05, 0) is 102 Å². The third-order valence-corrected chi connectivity index (χ3v) is 8.22. The lowest BCUT2D eigenvalue weighted by Gasteiger charge is -2.40. The van der Waals surface area contributed by atoms with E-state index in [-0.39, 0.29) is 12.5 Å². The van der Waals surface area contributed by atoms with Gasteiger partial charge >= 0.3 is 0 Å². The van der Waals surface area contributed by atoms with Gasteiger partial charge in [0.25, 0.3) is 5.91 Å². The van der Waals surface area contributed by atoms with Crippen LogP contribution in [0.15, 0.2) is 47.4 Å². The number of anilines is 1. The van der Waals surface area contributed by atoms with Crippen molar-refractivity contribution < 1.29 is 9.90 Å². The molecule has 1 aliphatic heterocycles. The van der Waals surface area contributed by atoms with E-state index in [9.17, 15) is 9.90 Å². The first-order chi connectivity index (χ1) is 18.1. The minimum atomic E-state index is -0.799. The molecule has 8 heteroatoms. The summed E-state index contributed by atoms with van der Waals surface area (Å²) in [6.45, 7) is 9.30. The molecule has 0 spiro atoms. The molecule has 1 atom stereocenters. The normalized spacial score (nSPS) is 21.8. The Hall–Kier alpha value is -3.10. The molecule has 0 radical (unpaired) electrons. The zero-order chi connectivity index (χ0) is 27.6. The highest BCUT2D eigenvalue weighted by atomic mass is 16.3. The number of nitrogens with zero attached hydrogens (tertiary/aromatic N) is 4. The first-order valence-corrected chi connectivity index (χ1v) is 13.8. The molecule has 2 aliphatic rings. The predicted octanol–water partition coefficient (Wildman–Crippen LogP) is 3.97. The molecule has 0 saturated heterocycles. The van der Waals surface area contributed by atoms with Crippen LogP contribution in [0.25, 0.3) is 11.1 Å². The number of aliphatic hydroxyl groups is 1. The maximum atomic E-state index is 13.6. The van der Waals surface area contributed by atoms with Gasteiger partial charge in [0.1, 0.15) is 6.23 Å². The number of allylic oxidation sites excluding steroid dienone is 3. The van der Waals surface area contributed by atoms with Crippen molar-refractivity contribution in [2.45, 2.75) is 71.7 Å². The molecule has 206 valence electrons. The number of hydrogen-bond acceptors (Lipinski definition) is 6. The van der Waals surface area contributed by atoms with E-state index in [1.807, 2.05) is 45.4 Å². The number of aliphatic hydroxyl groups excluding tert-OH is 1. The molecular weight excluding hydrogens is 476 g/mol. The Morgan fingerprint density at radius 1 is 1.13 bits per heavy atom. The van der Waals surface area contributed by atoms with Crippen molar-refractivity contribution in [2.24, 2.45) is 7.05 Å². The van der Waals surface area contributed by atoms with E-state index >= 15 is 0 Å².